The molecule has 138 valence electrons. The SMILES string of the molecule is Cn1nc(C(=O)N[C@@H](c2cnc3ccccc3c2)C2CC(O)C2)ccc1=O. The molecule has 1 saturated carbocycles. The third-order valence-electron chi connectivity index (χ3n) is 5.07. The Morgan fingerprint density at radius 1 is 1.26 bits per heavy atom. The first-order valence-electron chi connectivity index (χ1n) is 8.89. The number of amides is 1. The van der Waals surface area contributed by atoms with E-state index in [1.807, 2.05) is 30.3 Å². The van der Waals surface area contributed by atoms with Crippen molar-refractivity contribution in [1.29, 1.82) is 0 Å². The lowest BCUT2D eigenvalue weighted by atomic mass is 9.75. The van der Waals surface area contributed by atoms with Crippen LogP contribution in [0.15, 0.2) is 53.5 Å². The first kappa shape index (κ1) is 17.4. The zero-order valence-electron chi connectivity index (χ0n) is 14.9. The Bertz CT molecular complexity index is 1060. The highest BCUT2D eigenvalue weighted by Gasteiger charge is 2.36. The molecule has 1 aromatic carbocycles. The Morgan fingerprint density at radius 2 is 2.04 bits per heavy atom. The van der Waals surface area contributed by atoms with E-state index in [9.17, 15) is 14.7 Å². The van der Waals surface area contributed by atoms with Crippen molar-refractivity contribution in [2.75, 3.05) is 0 Å². The summed E-state index contributed by atoms with van der Waals surface area (Å²) in [4.78, 5) is 28.7. The molecule has 1 aliphatic carbocycles. The first-order valence-corrected chi connectivity index (χ1v) is 8.89. The van der Waals surface area contributed by atoms with Gasteiger partial charge < -0.3 is 10.4 Å². The number of pyridine rings is 1. The number of nitrogens with zero attached hydrogens (tertiary/aromatic N) is 3. The third kappa shape index (κ3) is 3.46. The van der Waals surface area contributed by atoms with Crippen molar-refractivity contribution in [3.63, 3.8) is 0 Å². The average molecular weight is 364 g/mol. The van der Waals surface area contributed by atoms with E-state index >= 15 is 0 Å². The molecule has 0 spiro atoms. The summed E-state index contributed by atoms with van der Waals surface area (Å²) >= 11 is 0. The van der Waals surface area contributed by atoms with Crippen molar-refractivity contribution in [1.82, 2.24) is 20.1 Å². The van der Waals surface area contributed by atoms with Crippen LogP contribution >= 0.6 is 0 Å². The number of hydrogen-bond donors (Lipinski definition) is 2. The topological polar surface area (TPSA) is 97.1 Å². The number of aryl methyl sites for hydroxylation is 1. The van der Waals surface area contributed by atoms with Crippen LogP contribution < -0.4 is 10.9 Å². The minimum Gasteiger partial charge on any atom is -0.393 e. The second-order valence-electron chi connectivity index (χ2n) is 6.98. The predicted molar refractivity (Wildman–Crippen MR) is 100 cm³/mol. The van der Waals surface area contributed by atoms with Crippen molar-refractivity contribution >= 4 is 16.8 Å². The molecule has 0 saturated heterocycles. The van der Waals surface area contributed by atoms with E-state index in [1.54, 1.807) is 6.20 Å². The van der Waals surface area contributed by atoms with E-state index in [2.05, 4.69) is 15.4 Å². The molecule has 27 heavy (non-hydrogen) atoms. The minimum atomic E-state index is -0.356. The van der Waals surface area contributed by atoms with Gasteiger partial charge in [0.2, 0.25) is 0 Å². The number of carbonyl (C=O) groups is 1. The van der Waals surface area contributed by atoms with Gasteiger partial charge in [-0.05, 0) is 42.5 Å². The van der Waals surface area contributed by atoms with E-state index < -0.39 is 0 Å². The number of aliphatic hydroxyl groups excluding tert-OH is 1. The minimum absolute atomic E-state index is 0.124. The van der Waals surface area contributed by atoms with Gasteiger partial charge in [-0.3, -0.25) is 14.6 Å². The van der Waals surface area contributed by atoms with Gasteiger partial charge in [0.15, 0.2) is 0 Å². The summed E-state index contributed by atoms with van der Waals surface area (Å²) in [5.74, 6) is -0.232. The highest BCUT2D eigenvalue weighted by atomic mass is 16.3. The number of nitrogens with one attached hydrogen (secondary N) is 1. The van der Waals surface area contributed by atoms with Crippen LogP contribution in [-0.4, -0.2) is 31.9 Å². The molecule has 1 fully saturated rings. The molecule has 7 heteroatoms. The van der Waals surface area contributed by atoms with E-state index in [0.29, 0.717) is 12.8 Å². The molecule has 3 aromatic rings. The fourth-order valence-corrected chi connectivity index (χ4v) is 3.47. The average Bonchev–Trinajstić information content (AvgIpc) is 2.65. The smallest absolute Gasteiger partial charge is 0.272 e. The molecular weight excluding hydrogens is 344 g/mol. The molecule has 0 radical (unpaired) electrons. The summed E-state index contributed by atoms with van der Waals surface area (Å²) < 4.78 is 1.13. The van der Waals surface area contributed by atoms with Crippen molar-refractivity contribution in [3.05, 3.63) is 70.3 Å². The van der Waals surface area contributed by atoms with Crippen LogP contribution in [0.1, 0.15) is 34.9 Å². The molecule has 0 aliphatic heterocycles. The lowest BCUT2D eigenvalue weighted by Gasteiger charge is -2.38. The van der Waals surface area contributed by atoms with Crippen LogP contribution in [0.2, 0.25) is 0 Å². The fraction of sp³-hybridized carbons (Fsp3) is 0.300. The van der Waals surface area contributed by atoms with E-state index in [0.717, 1.165) is 21.1 Å². The van der Waals surface area contributed by atoms with Gasteiger partial charge in [0, 0.05) is 24.7 Å². The molecule has 0 unspecified atom stereocenters. The standard InChI is InChI=1S/C20H20N4O3/c1-24-18(26)7-6-17(23-24)20(27)22-19(13-9-15(25)10-13)14-8-12-4-2-3-5-16(12)21-11-14/h2-8,11,13,15,19,25H,9-10H2,1H3,(H,22,27)/t13?,15?,19-/m1/s1. The molecule has 1 amide bonds. The van der Waals surface area contributed by atoms with Gasteiger partial charge in [-0.15, -0.1) is 0 Å². The monoisotopic (exact) mass is 364 g/mol. The second kappa shape index (κ2) is 6.92. The molecule has 1 aliphatic rings. The zero-order valence-corrected chi connectivity index (χ0v) is 14.9. The number of carbonyl (C=O) groups excluding carboxylic acids is 1. The number of aromatic nitrogens is 3. The van der Waals surface area contributed by atoms with Crippen molar-refractivity contribution < 1.29 is 9.90 Å². The molecule has 2 N–H and O–H groups in total. The van der Waals surface area contributed by atoms with Gasteiger partial charge in [-0.2, -0.15) is 5.10 Å². The number of benzene rings is 1. The molecule has 1 atom stereocenters. The Kier molecular flexibility index (Phi) is 4.45. The second-order valence-corrected chi connectivity index (χ2v) is 6.98. The van der Waals surface area contributed by atoms with Crippen LogP contribution in [0.4, 0.5) is 0 Å². The number of rotatable bonds is 4. The van der Waals surface area contributed by atoms with Gasteiger partial charge in [0.25, 0.3) is 11.5 Å². The highest BCUT2D eigenvalue weighted by Crippen LogP contribution is 2.38. The number of fused-ring (bicyclic) bond motifs is 1. The van der Waals surface area contributed by atoms with E-state index in [-0.39, 0.29) is 35.2 Å². The Hall–Kier alpha value is -3.06. The number of hydrogen-bond acceptors (Lipinski definition) is 5. The fourth-order valence-electron chi connectivity index (χ4n) is 3.47. The maximum Gasteiger partial charge on any atom is 0.272 e. The summed E-state index contributed by atoms with van der Waals surface area (Å²) in [5, 5.41) is 17.8. The first-order chi connectivity index (χ1) is 13.0. The molecule has 2 aromatic heterocycles. The van der Waals surface area contributed by atoms with Gasteiger partial charge in [-0.1, -0.05) is 18.2 Å². The number of para-hydroxylation sites is 1. The number of aliphatic hydroxyl groups is 1. The summed E-state index contributed by atoms with van der Waals surface area (Å²) in [6.07, 6.45) is 2.68. The van der Waals surface area contributed by atoms with E-state index in [1.165, 1.54) is 19.2 Å². The normalized spacial score (nSPS) is 20.1. The van der Waals surface area contributed by atoms with Crippen molar-refractivity contribution in [2.45, 2.75) is 25.0 Å². The predicted octanol–water partition coefficient (Wildman–Crippen LogP) is 1.57. The largest absolute Gasteiger partial charge is 0.393 e. The van der Waals surface area contributed by atoms with Crippen LogP contribution in [0.3, 0.4) is 0 Å². The molecule has 7 nitrogen and oxygen atoms in total. The van der Waals surface area contributed by atoms with Gasteiger partial charge in [-0.25, -0.2) is 4.68 Å². The van der Waals surface area contributed by atoms with Crippen LogP contribution in [0.25, 0.3) is 10.9 Å². The molecular formula is C20H20N4O3. The molecule has 4 rings (SSSR count). The Balaban J connectivity index is 1.65. The molecule has 0 bridgehead atoms. The Morgan fingerprint density at radius 3 is 2.78 bits per heavy atom. The zero-order chi connectivity index (χ0) is 19.0. The third-order valence-corrected chi connectivity index (χ3v) is 5.07. The highest BCUT2D eigenvalue weighted by molar-refractivity contribution is 5.92. The van der Waals surface area contributed by atoms with Crippen LogP contribution in [0, 0.1) is 5.92 Å². The summed E-state index contributed by atoms with van der Waals surface area (Å²) in [5.41, 5.74) is 1.68. The van der Waals surface area contributed by atoms with E-state index in [4.69, 9.17) is 0 Å². The van der Waals surface area contributed by atoms with Gasteiger partial charge in [0.05, 0.1) is 17.7 Å². The van der Waals surface area contributed by atoms with Crippen molar-refractivity contribution in [2.24, 2.45) is 13.0 Å². The van der Waals surface area contributed by atoms with Gasteiger partial charge >= 0.3 is 0 Å². The van der Waals surface area contributed by atoms with Crippen LogP contribution in [-0.2, 0) is 7.05 Å². The Labute approximate surface area is 155 Å². The summed E-state index contributed by atoms with van der Waals surface area (Å²) in [7, 11) is 1.51. The van der Waals surface area contributed by atoms with Crippen molar-refractivity contribution in [3.8, 4) is 0 Å². The summed E-state index contributed by atoms with van der Waals surface area (Å²) in [6.45, 7) is 0. The lowest BCUT2D eigenvalue weighted by Crippen LogP contribution is -2.42. The quantitative estimate of drug-likeness (QED) is 0.732. The van der Waals surface area contributed by atoms with Gasteiger partial charge in [0.1, 0.15) is 5.69 Å². The summed E-state index contributed by atoms with van der Waals surface area (Å²) in [6, 6.07) is 12.3. The maximum absolute atomic E-state index is 12.7. The lowest BCUT2D eigenvalue weighted by molar-refractivity contribution is 0.0234. The molecule has 2 heterocycles. The van der Waals surface area contributed by atoms with Crippen LogP contribution in [0.5, 0.6) is 0 Å². The maximum atomic E-state index is 12.7.